The van der Waals surface area contributed by atoms with Crippen LogP contribution in [0.5, 0.6) is 5.75 Å². The number of carbonyl (C=O) groups is 1. The van der Waals surface area contributed by atoms with Crippen LogP contribution in [0.1, 0.15) is 30.9 Å². The number of carbonyl (C=O) groups excluding carboxylic acids is 1. The Balaban J connectivity index is 2.49. The first-order valence-corrected chi connectivity index (χ1v) is 5.94. The molecule has 0 bridgehead atoms. The largest absolute Gasteiger partial charge is 0.496 e. The van der Waals surface area contributed by atoms with Crippen LogP contribution in [0.15, 0.2) is 18.2 Å². The first kappa shape index (κ1) is 12.0. The average molecular weight is 234 g/mol. The molecule has 3 heteroatoms. The van der Waals surface area contributed by atoms with E-state index in [4.69, 9.17) is 9.47 Å². The van der Waals surface area contributed by atoms with Gasteiger partial charge in [-0.3, -0.25) is 4.79 Å². The highest BCUT2D eigenvalue weighted by molar-refractivity contribution is 5.87. The molecule has 0 spiro atoms. The molecule has 1 aromatic rings. The van der Waals surface area contributed by atoms with E-state index in [1.54, 1.807) is 7.11 Å². The van der Waals surface area contributed by atoms with Crippen LogP contribution in [0, 0.1) is 0 Å². The number of aryl methyl sites for hydroxylation is 1. The fourth-order valence-electron chi connectivity index (χ4n) is 2.38. The van der Waals surface area contributed by atoms with Crippen molar-refractivity contribution in [3.8, 4) is 5.75 Å². The van der Waals surface area contributed by atoms with Gasteiger partial charge in [-0.2, -0.15) is 0 Å². The summed E-state index contributed by atoms with van der Waals surface area (Å²) in [5.74, 6) is 0.696. The van der Waals surface area contributed by atoms with E-state index >= 15 is 0 Å². The predicted octanol–water partition coefficient (Wildman–Crippen LogP) is 2.46. The summed E-state index contributed by atoms with van der Waals surface area (Å²) in [6.07, 6.45) is 2.60. The molecule has 3 nitrogen and oxygen atoms in total. The molecule has 1 aliphatic carbocycles. The Morgan fingerprint density at radius 1 is 1.35 bits per heavy atom. The summed E-state index contributed by atoms with van der Waals surface area (Å²) in [6, 6.07) is 6.00. The molecule has 0 saturated heterocycles. The summed E-state index contributed by atoms with van der Waals surface area (Å²) in [6.45, 7) is 2.08. The summed E-state index contributed by atoms with van der Waals surface area (Å²) in [4.78, 5) is 11.9. The van der Waals surface area contributed by atoms with Crippen molar-refractivity contribution in [1.82, 2.24) is 0 Å². The number of benzene rings is 1. The maximum absolute atomic E-state index is 11.9. The smallest absolute Gasteiger partial charge is 0.316 e. The van der Waals surface area contributed by atoms with Gasteiger partial charge in [0.05, 0.1) is 19.6 Å². The summed E-state index contributed by atoms with van der Waals surface area (Å²) in [7, 11) is 3.10. The standard InChI is InChI=1S/C14H18O3/c1-4-10-6-5-7-11(12(10)16-2)14(8-9-14)13(15)17-3/h5-7H,4,8-9H2,1-3H3. The molecular formula is C14H18O3. The monoisotopic (exact) mass is 234 g/mol. The molecule has 1 aliphatic rings. The number of hydrogen-bond acceptors (Lipinski definition) is 3. The van der Waals surface area contributed by atoms with Crippen LogP contribution in [0.2, 0.25) is 0 Å². The maximum Gasteiger partial charge on any atom is 0.316 e. The Morgan fingerprint density at radius 2 is 2.06 bits per heavy atom. The summed E-state index contributed by atoms with van der Waals surface area (Å²) >= 11 is 0. The molecule has 0 N–H and O–H groups in total. The zero-order chi connectivity index (χ0) is 12.5. The van der Waals surface area contributed by atoms with Crippen LogP contribution in [0.3, 0.4) is 0 Å². The van der Waals surface area contributed by atoms with E-state index in [0.717, 1.165) is 36.1 Å². The highest BCUT2D eigenvalue weighted by atomic mass is 16.5. The number of rotatable bonds is 4. The third-order valence-electron chi connectivity index (χ3n) is 3.52. The van der Waals surface area contributed by atoms with Gasteiger partial charge >= 0.3 is 5.97 Å². The van der Waals surface area contributed by atoms with Crippen molar-refractivity contribution in [2.24, 2.45) is 0 Å². The van der Waals surface area contributed by atoms with Crippen molar-refractivity contribution in [2.45, 2.75) is 31.6 Å². The molecule has 1 aromatic carbocycles. The minimum absolute atomic E-state index is 0.149. The lowest BCUT2D eigenvalue weighted by atomic mass is 9.92. The molecule has 92 valence electrons. The Kier molecular flexibility index (Phi) is 3.09. The average Bonchev–Trinajstić information content (AvgIpc) is 3.18. The molecule has 0 heterocycles. The van der Waals surface area contributed by atoms with E-state index in [0.29, 0.717) is 0 Å². The summed E-state index contributed by atoms with van der Waals surface area (Å²) in [5, 5.41) is 0. The van der Waals surface area contributed by atoms with Gasteiger partial charge in [-0.05, 0) is 24.8 Å². The molecule has 1 fully saturated rings. The number of para-hydroxylation sites is 1. The van der Waals surface area contributed by atoms with Crippen LogP contribution in [0.4, 0.5) is 0 Å². The van der Waals surface area contributed by atoms with Gasteiger partial charge in [-0.25, -0.2) is 0 Å². The van der Waals surface area contributed by atoms with Crippen LogP contribution in [-0.4, -0.2) is 20.2 Å². The van der Waals surface area contributed by atoms with Crippen LogP contribution >= 0.6 is 0 Å². The number of esters is 1. The van der Waals surface area contributed by atoms with Gasteiger partial charge in [0.2, 0.25) is 0 Å². The minimum Gasteiger partial charge on any atom is -0.496 e. The van der Waals surface area contributed by atoms with Crippen LogP contribution in [0.25, 0.3) is 0 Å². The quantitative estimate of drug-likeness (QED) is 0.751. The van der Waals surface area contributed by atoms with Crippen molar-refractivity contribution in [2.75, 3.05) is 14.2 Å². The van der Waals surface area contributed by atoms with Gasteiger partial charge in [0.15, 0.2) is 0 Å². The molecule has 0 aromatic heterocycles. The molecular weight excluding hydrogens is 216 g/mol. The second-order valence-electron chi connectivity index (χ2n) is 4.43. The van der Waals surface area contributed by atoms with Crippen LogP contribution < -0.4 is 4.74 Å². The third-order valence-corrected chi connectivity index (χ3v) is 3.52. The fraction of sp³-hybridized carbons (Fsp3) is 0.500. The van der Waals surface area contributed by atoms with E-state index in [2.05, 4.69) is 6.92 Å². The van der Waals surface area contributed by atoms with Crippen molar-refractivity contribution in [1.29, 1.82) is 0 Å². The zero-order valence-corrected chi connectivity index (χ0v) is 10.6. The molecule has 0 atom stereocenters. The molecule has 0 aliphatic heterocycles. The lowest BCUT2D eigenvalue weighted by molar-refractivity contribution is -0.143. The van der Waals surface area contributed by atoms with Crippen molar-refractivity contribution >= 4 is 5.97 Å². The van der Waals surface area contributed by atoms with Gasteiger partial charge in [0.1, 0.15) is 5.75 Å². The Morgan fingerprint density at radius 3 is 2.53 bits per heavy atom. The molecule has 1 saturated carbocycles. The lowest BCUT2D eigenvalue weighted by Crippen LogP contribution is -2.22. The molecule has 17 heavy (non-hydrogen) atoms. The number of hydrogen-bond donors (Lipinski definition) is 0. The lowest BCUT2D eigenvalue weighted by Gasteiger charge is -2.18. The van der Waals surface area contributed by atoms with Gasteiger partial charge in [0, 0.05) is 5.56 Å². The topological polar surface area (TPSA) is 35.5 Å². The third kappa shape index (κ3) is 1.79. The second kappa shape index (κ2) is 4.40. The second-order valence-corrected chi connectivity index (χ2v) is 4.43. The van der Waals surface area contributed by atoms with Gasteiger partial charge in [-0.15, -0.1) is 0 Å². The minimum atomic E-state index is -0.453. The van der Waals surface area contributed by atoms with Gasteiger partial charge in [0.25, 0.3) is 0 Å². The Bertz CT molecular complexity index is 433. The van der Waals surface area contributed by atoms with E-state index in [9.17, 15) is 4.79 Å². The SMILES string of the molecule is CCc1cccc(C2(C(=O)OC)CC2)c1OC. The maximum atomic E-state index is 11.9. The van der Waals surface area contributed by atoms with Crippen molar-refractivity contribution < 1.29 is 14.3 Å². The van der Waals surface area contributed by atoms with Crippen LogP contribution in [-0.2, 0) is 21.4 Å². The van der Waals surface area contributed by atoms with E-state index < -0.39 is 5.41 Å². The number of ether oxygens (including phenoxy) is 2. The highest BCUT2D eigenvalue weighted by Crippen LogP contribution is 2.52. The molecule has 0 amide bonds. The zero-order valence-electron chi connectivity index (χ0n) is 10.6. The highest BCUT2D eigenvalue weighted by Gasteiger charge is 2.54. The molecule has 2 rings (SSSR count). The first-order valence-electron chi connectivity index (χ1n) is 5.94. The van der Waals surface area contributed by atoms with Gasteiger partial charge < -0.3 is 9.47 Å². The number of methoxy groups -OCH3 is 2. The summed E-state index contributed by atoms with van der Waals surface area (Å²) < 4.78 is 10.4. The molecule has 0 unspecified atom stereocenters. The Hall–Kier alpha value is -1.51. The fourth-order valence-corrected chi connectivity index (χ4v) is 2.38. The van der Waals surface area contributed by atoms with E-state index in [1.807, 2.05) is 18.2 Å². The van der Waals surface area contributed by atoms with Crippen molar-refractivity contribution in [3.05, 3.63) is 29.3 Å². The normalized spacial score (nSPS) is 16.4. The van der Waals surface area contributed by atoms with Gasteiger partial charge in [-0.1, -0.05) is 25.1 Å². The predicted molar refractivity (Wildman–Crippen MR) is 65.3 cm³/mol. The summed E-state index contributed by atoms with van der Waals surface area (Å²) in [5.41, 5.74) is 1.66. The molecule has 0 radical (unpaired) electrons. The first-order chi connectivity index (χ1) is 8.19. The van der Waals surface area contributed by atoms with E-state index in [1.165, 1.54) is 7.11 Å². The Labute approximate surface area is 102 Å². The van der Waals surface area contributed by atoms with Crippen molar-refractivity contribution in [3.63, 3.8) is 0 Å². The van der Waals surface area contributed by atoms with E-state index in [-0.39, 0.29) is 5.97 Å².